The molecule has 1 atom stereocenters. The Labute approximate surface area is 69.9 Å². The van der Waals surface area contributed by atoms with Gasteiger partial charge in [0.2, 0.25) is 6.54 Å². The monoisotopic (exact) mass is 167 g/mol. The minimum atomic E-state index is -0.403. The van der Waals surface area contributed by atoms with Crippen molar-refractivity contribution in [2.24, 2.45) is 0 Å². The summed E-state index contributed by atoms with van der Waals surface area (Å²) in [5.41, 5.74) is 0. The van der Waals surface area contributed by atoms with Gasteiger partial charge in [-0.1, -0.05) is 0 Å². The summed E-state index contributed by atoms with van der Waals surface area (Å²) in [5.74, 6) is 0. The van der Waals surface area contributed by atoms with E-state index in [1.54, 1.807) is 6.92 Å². The molecule has 0 spiro atoms. The summed E-state index contributed by atoms with van der Waals surface area (Å²) in [7, 11) is 0. The van der Waals surface area contributed by atoms with Crippen LogP contribution in [0.1, 0.15) is 22.8 Å². The van der Waals surface area contributed by atoms with Crippen LogP contribution in [-0.4, -0.2) is 5.11 Å². The topological polar surface area (TPSA) is 24.6 Å². The summed E-state index contributed by atoms with van der Waals surface area (Å²) in [5, 5.41) is 9.14. The zero-order chi connectivity index (χ0) is 8.27. The van der Waals surface area contributed by atoms with Crippen LogP contribution in [0.15, 0.2) is 12.1 Å². The standard InChI is InChI=1S/C8H9NOS/c1-6(10)8-4-3-7(11-8)5-9-2/h3-4,6,10H,5H2,1H3. The van der Waals surface area contributed by atoms with Crippen molar-refractivity contribution in [1.82, 2.24) is 0 Å². The molecular formula is C8H9NOS. The average Bonchev–Trinajstić information content (AvgIpc) is 2.37. The molecule has 1 rings (SSSR count). The molecule has 58 valence electrons. The van der Waals surface area contributed by atoms with Crippen molar-refractivity contribution >= 4 is 11.3 Å². The largest absolute Gasteiger partial charge is 0.388 e. The van der Waals surface area contributed by atoms with E-state index < -0.39 is 6.10 Å². The first-order chi connectivity index (χ1) is 5.24. The smallest absolute Gasteiger partial charge is 0.248 e. The molecule has 0 fully saturated rings. The summed E-state index contributed by atoms with van der Waals surface area (Å²) in [6, 6.07) is 3.76. The Morgan fingerprint density at radius 1 is 1.73 bits per heavy atom. The normalized spacial score (nSPS) is 12.5. The van der Waals surface area contributed by atoms with Crippen LogP contribution in [0.3, 0.4) is 0 Å². The molecule has 1 aromatic rings. The number of rotatable bonds is 2. The lowest BCUT2D eigenvalue weighted by Crippen LogP contribution is -1.83. The highest BCUT2D eigenvalue weighted by atomic mass is 32.1. The zero-order valence-corrected chi connectivity index (χ0v) is 7.06. The fraction of sp³-hybridized carbons (Fsp3) is 0.375. The van der Waals surface area contributed by atoms with Crippen LogP contribution in [0.4, 0.5) is 0 Å². The van der Waals surface area contributed by atoms with Crippen molar-refractivity contribution < 1.29 is 5.11 Å². The Bertz CT molecular complexity index is 272. The molecule has 1 aromatic heterocycles. The van der Waals surface area contributed by atoms with Crippen LogP contribution in [0.2, 0.25) is 0 Å². The van der Waals surface area contributed by atoms with Crippen LogP contribution in [0.25, 0.3) is 4.85 Å². The van der Waals surface area contributed by atoms with Gasteiger partial charge >= 0.3 is 0 Å². The van der Waals surface area contributed by atoms with Gasteiger partial charge in [0.05, 0.1) is 11.0 Å². The summed E-state index contributed by atoms with van der Waals surface area (Å²) in [6.45, 7) is 8.78. The number of thiophene rings is 1. The maximum absolute atomic E-state index is 9.14. The molecule has 0 aliphatic carbocycles. The Kier molecular flexibility index (Phi) is 2.64. The highest BCUT2D eigenvalue weighted by Crippen LogP contribution is 2.23. The van der Waals surface area contributed by atoms with Crippen LogP contribution < -0.4 is 0 Å². The van der Waals surface area contributed by atoms with E-state index in [0.717, 1.165) is 9.75 Å². The number of aliphatic hydroxyl groups excluding tert-OH is 1. The minimum absolute atomic E-state index is 0.403. The van der Waals surface area contributed by atoms with Gasteiger partial charge in [-0.05, 0) is 19.1 Å². The fourth-order valence-electron chi connectivity index (χ4n) is 0.782. The van der Waals surface area contributed by atoms with Crippen LogP contribution >= 0.6 is 11.3 Å². The van der Waals surface area contributed by atoms with E-state index in [-0.39, 0.29) is 0 Å². The average molecular weight is 167 g/mol. The van der Waals surface area contributed by atoms with E-state index in [2.05, 4.69) is 4.85 Å². The number of hydrogen-bond acceptors (Lipinski definition) is 2. The Balaban J connectivity index is 2.75. The fourth-order valence-corrected chi connectivity index (χ4v) is 1.66. The van der Waals surface area contributed by atoms with Crippen molar-refractivity contribution in [3.05, 3.63) is 33.3 Å². The third kappa shape index (κ3) is 2.04. The Morgan fingerprint density at radius 3 is 2.91 bits per heavy atom. The molecule has 0 bridgehead atoms. The van der Waals surface area contributed by atoms with Crippen molar-refractivity contribution in [2.45, 2.75) is 19.6 Å². The first-order valence-corrected chi connectivity index (χ1v) is 4.15. The third-order valence-corrected chi connectivity index (χ3v) is 2.57. The van der Waals surface area contributed by atoms with E-state index in [1.807, 2.05) is 12.1 Å². The summed E-state index contributed by atoms with van der Waals surface area (Å²) in [6.07, 6.45) is -0.403. The maximum atomic E-state index is 9.14. The van der Waals surface area contributed by atoms with Gasteiger partial charge in [-0.2, -0.15) is 0 Å². The molecule has 0 saturated heterocycles. The van der Waals surface area contributed by atoms with Gasteiger partial charge in [0, 0.05) is 4.88 Å². The summed E-state index contributed by atoms with van der Waals surface area (Å²) in [4.78, 5) is 5.22. The first kappa shape index (κ1) is 8.25. The van der Waals surface area contributed by atoms with Gasteiger partial charge < -0.3 is 9.95 Å². The van der Waals surface area contributed by atoms with Gasteiger partial charge in [0.1, 0.15) is 0 Å². The summed E-state index contributed by atoms with van der Waals surface area (Å²) < 4.78 is 0. The van der Waals surface area contributed by atoms with E-state index in [4.69, 9.17) is 11.7 Å². The van der Waals surface area contributed by atoms with Gasteiger partial charge in [-0.3, -0.25) is 0 Å². The second kappa shape index (κ2) is 3.51. The molecule has 1 heterocycles. The molecule has 1 N–H and O–H groups in total. The second-order valence-electron chi connectivity index (χ2n) is 2.30. The third-order valence-electron chi connectivity index (χ3n) is 1.33. The molecule has 11 heavy (non-hydrogen) atoms. The highest BCUT2D eigenvalue weighted by molar-refractivity contribution is 7.12. The van der Waals surface area contributed by atoms with Crippen molar-refractivity contribution in [3.8, 4) is 0 Å². The van der Waals surface area contributed by atoms with Gasteiger partial charge in [0.15, 0.2) is 0 Å². The Hall–Kier alpha value is -0.850. The number of hydrogen-bond donors (Lipinski definition) is 1. The van der Waals surface area contributed by atoms with E-state index in [1.165, 1.54) is 11.3 Å². The van der Waals surface area contributed by atoms with Gasteiger partial charge in [0.25, 0.3) is 0 Å². The lowest BCUT2D eigenvalue weighted by molar-refractivity contribution is 0.203. The SMILES string of the molecule is [C-]#[N+]Cc1ccc(C(C)O)s1. The zero-order valence-electron chi connectivity index (χ0n) is 6.24. The quantitative estimate of drug-likeness (QED) is 0.671. The molecule has 2 nitrogen and oxygen atoms in total. The van der Waals surface area contributed by atoms with Crippen LogP contribution in [-0.2, 0) is 6.54 Å². The molecule has 0 saturated carbocycles. The molecule has 0 aliphatic rings. The van der Waals surface area contributed by atoms with Crippen LogP contribution in [0.5, 0.6) is 0 Å². The highest BCUT2D eigenvalue weighted by Gasteiger charge is 2.05. The van der Waals surface area contributed by atoms with E-state index in [9.17, 15) is 0 Å². The molecule has 0 amide bonds. The van der Waals surface area contributed by atoms with Crippen LogP contribution in [0, 0.1) is 6.57 Å². The van der Waals surface area contributed by atoms with Crippen molar-refractivity contribution in [2.75, 3.05) is 0 Å². The van der Waals surface area contributed by atoms with E-state index in [0.29, 0.717) is 6.54 Å². The molecular weight excluding hydrogens is 158 g/mol. The first-order valence-electron chi connectivity index (χ1n) is 3.34. The van der Waals surface area contributed by atoms with Crippen molar-refractivity contribution in [3.63, 3.8) is 0 Å². The summed E-state index contributed by atoms with van der Waals surface area (Å²) >= 11 is 1.50. The lowest BCUT2D eigenvalue weighted by atomic mass is 10.3. The lowest BCUT2D eigenvalue weighted by Gasteiger charge is -1.95. The molecule has 3 heteroatoms. The van der Waals surface area contributed by atoms with Crippen molar-refractivity contribution in [1.29, 1.82) is 0 Å². The number of aliphatic hydroxyl groups is 1. The second-order valence-corrected chi connectivity index (χ2v) is 3.50. The number of nitrogens with zero attached hydrogens (tertiary/aromatic N) is 1. The minimum Gasteiger partial charge on any atom is -0.388 e. The maximum Gasteiger partial charge on any atom is 0.248 e. The van der Waals surface area contributed by atoms with E-state index >= 15 is 0 Å². The predicted octanol–water partition coefficient (Wildman–Crippen LogP) is 2.22. The van der Waals surface area contributed by atoms with Gasteiger partial charge in [-0.25, -0.2) is 6.57 Å². The predicted molar refractivity (Wildman–Crippen MR) is 45.3 cm³/mol. The van der Waals surface area contributed by atoms with Gasteiger partial charge in [-0.15, -0.1) is 11.3 Å². The molecule has 0 aliphatic heterocycles. The molecule has 1 unspecified atom stereocenters. The Morgan fingerprint density at radius 2 is 2.45 bits per heavy atom. The molecule has 0 aromatic carbocycles. The molecule has 0 radical (unpaired) electrons.